The van der Waals surface area contributed by atoms with E-state index < -0.39 is 16.0 Å². The van der Waals surface area contributed by atoms with Crippen molar-refractivity contribution in [2.45, 2.75) is 11.8 Å². The SMILES string of the molecule is CNCCN(C)S(=O)(=O)c1c(C)csc1C(=O)OC.Cl. The maximum Gasteiger partial charge on any atom is 0.349 e. The Morgan fingerprint density at radius 2 is 2.10 bits per heavy atom. The van der Waals surface area contributed by atoms with Crippen LogP contribution in [0.4, 0.5) is 0 Å². The van der Waals surface area contributed by atoms with Gasteiger partial charge in [-0.2, -0.15) is 4.31 Å². The molecule has 0 atom stereocenters. The molecule has 116 valence electrons. The molecule has 0 amide bonds. The molecule has 1 heterocycles. The number of hydrogen-bond donors (Lipinski definition) is 1. The van der Waals surface area contributed by atoms with E-state index in [2.05, 4.69) is 10.1 Å². The maximum absolute atomic E-state index is 12.5. The minimum absolute atomic E-state index is 0. The predicted molar refractivity (Wildman–Crippen MR) is 81.4 cm³/mol. The average Bonchev–Trinajstić information content (AvgIpc) is 2.77. The van der Waals surface area contributed by atoms with Gasteiger partial charge in [-0.25, -0.2) is 13.2 Å². The molecule has 0 saturated carbocycles. The van der Waals surface area contributed by atoms with Gasteiger partial charge in [0, 0.05) is 20.1 Å². The lowest BCUT2D eigenvalue weighted by Crippen LogP contribution is -2.33. The number of methoxy groups -OCH3 is 1. The average molecular weight is 343 g/mol. The third kappa shape index (κ3) is 3.92. The minimum atomic E-state index is -3.68. The molecule has 1 rings (SSSR count). The number of likely N-dealkylation sites (N-methyl/N-ethyl adjacent to an activating group) is 2. The molecule has 0 fully saturated rings. The molecule has 9 heteroatoms. The van der Waals surface area contributed by atoms with Crippen LogP contribution in [0.2, 0.25) is 0 Å². The standard InChI is InChI=1S/C11H18N2O4S2.ClH/c1-8-7-18-9(11(14)17-4)10(8)19(15,16)13(3)6-5-12-2;/h7,12H,5-6H2,1-4H3;1H. The number of nitrogens with one attached hydrogen (secondary N) is 1. The smallest absolute Gasteiger partial charge is 0.349 e. The van der Waals surface area contributed by atoms with Gasteiger partial charge in [-0.3, -0.25) is 0 Å². The Balaban J connectivity index is 0.00000361. The monoisotopic (exact) mass is 342 g/mol. The van der Waals surface area contributed by atoms with Crippen molar-refractivity contribution in [1.29, 1.82) is 0 Å². The Bertz CT molecular complexity index is 557. The van der Waals surface area contributed by atoms with E-state index in [1.54, 1.807) is 19.4 Å². The fourth-order valence-corrected chi connectivity index (χ4v) is 4.35. The van der Waals surface area contributed by atoms with Crippen molar-refractivity contribution in [3.8, 4) is 0 Å². The first-order valence-corrected chi connectivity index (χ1v) is 7.95. The van der Waals surface area contributed by atoms with E-state index in [0.29, 0.717) is 18.7 Å². The van der Waals surface area contributed by atoms with Gasteiger partial charge in [-0.05, 0) is 24.9 Å². The van der Waals surface area contributed by atoms with Crippen LogP contribution in [-0.4, -0.2) is 53.0 Å². The number of carbonyl (C=O) groups is 1. The van der Waals surface area contributed by atoms with Gasteiger partial charge in [0.1, 0.15) is 9.77 Å². The van der Waals surface area contributed by atoms with Crippen LogP contribution in [0, 0.1) is 6.92 Å². The highest BCUT2D eigenvalue weighted by molar-refractivity contribution is 7.89. The van der Waals surface area contributed by atoms with Gasteiger partial charge < -0.3 is 10.1 Å². The van der Waals surface area contributed by atoms with Crippen LogP contribution in [0.1, 0.15) is 15.2 Å². The molecule has 0 unspecified atom stereocenters. The summed E-state index contributed by atoms with van der Waals surface area (Å²) in [6.07, 6.45) is 0. The predicted octanol–water partition coefficient (Wildman–Crippen LogP) is 1.10. The first-order valence-electron chi connectivity index (χ1n) is 5.63. The third-order valence-electron chi connectivity index (χ3n) is 2.63. The number of halogens is 1. The number of thiophene rings is 1. The molecule has 1 N–H and O–H groups in total. The molecule has 0 spiro atoms. The zero-order valence-electron chi connectivity index (χ0n) is 11.8. The quantitative estimate of drug-likeness (QED) is 0.784. The highest BCUT2D eigenvalue weighted by atomic mass is 35.5. The molecule has 0 aliphatic carbocycles. The van der Waals surface area contributed by atoms with Gasteiger partial charge >= 0.3 is 5.97 Å². The van der Waals surface area contributed by atoms with Gasteiger partial charge in [0.15, 0.2) is 0 Å². The van der Waals surface area contributed by atoms with Gasteiger partial charge in [0.2, 0.25) is 10.0 Å². The number of rotatable bonds is 6. The zero-order chi connectivity index (χ0) is 14.6. The van der Waals surface area contributed by atoms with Crippen molar-refractivity contribution in [2.75, 3.05) is 34.3 Å². The molecule has 6 nitrogen and oxygen atoms in total. The number of aryl methyl sites for hydroxylation is 1. The Morgan fingerprint density at radius 3 is 2.60 bits per heavy atom. The Hall–Kier alpha value is -0.670. The van der Waals surface area contributed by atoms with Crippen LogP contribution in [0.15, 0.2) is 10.3 Å². The maximum atomic E-state index is 12.5. The number of carbonyl (C=O) groups excluding carboxylic acids is 1. The van der Waals surface area contributed by atoms with E-state index >= 15 is 0 Å². The topological polar surface area (TPSA) is 75.7 Å². The van der Waals surface area contributed by atoms with Gasteiger partial charge in [-0.15, -0.1) is 23.7 Å². The summed E-state index contributed by atoms with van der Waals surface area (Å²) in [6.45, 7) is 2.53. The highest BCUT2D eigenvalue weighted by Crippen LogP contribution is 2.29. The third-order valence-corrected chi connectivity index (χ3v) is 5.89. The zero-order valence-corrected chi connectivity index (χ0v) is 14.2. The largest absolute Gasteiger partial charge is 0.465 e. The van der Waals surface area contributed by atoms with E-state index in [-0.39, 0.29) is 22.2 Å². The minimum Gasteiger partial charge on any atom is -0.465 e. The van der Waals surface area contributed by atoms with E-state index in [4.69, 9.17) is 0 Å². The van der Waals surface area contributed by atoms with Crippen LogP contribution in [0.5, 0.6) is 0 Å². The second-order valence-corrected chi connectivity index (χ2v) is 6.86. The van der Waals surface area contributed by atoms with Crippen LogP contribution in [0.25, 0.3) is 0 Å². The van der Waals surface area contributed by atoms with Gasteiger partial charge in [0.05, 0.1) is 7.11 Å². The number of sulfonamides is 1. The van der Waals surface area contributed by atoms with Gasteiger partial charge in [0.25, 0.3) is 0 Å². The molecular weight excluding hydrogens is 324 g/mol. The van der Waals surface area contributed by atoms with Gasteiger partial charge in [-0.1, -0.05) is 0 Å². The fourth-order valence-electron chi connectivity index (χ4n) is 1.53. The lowest BCUT2D eigenvalue weighted by atomic mass is 10.3. The number of ether oxygens (including phenoxy) is 1. The lowest BCUT2D eigenvalue weighted by molar-refractivity contribution is 0.0602. The molecule has 0 aliphatic heterocycles. The summed E-state index contributed by atoms with van der Waals surface area (Å²) in [5.41, 5.74) is 0.557. The molecule has 0 aromatic carbocycles. The second kappa shape index (κ2) is 7.94. The molecule has 0 saturated heterocycles. The lowest BCUT2D eigenvalue weighted by Gasteiger charge is -2.17. The highest BCUT2D eigenvalue weighted by Gasteiger charge is 2.30. The molecule has 1 aromatic heterocycles. The van der Waals surface area contributed by atoms with Crippen LogP contribution in [0.3, 0.4) is 0 Å². The van der Waals surface area contributed by atoms with E-state index in [0.717, 1.165) is 11.3 Å². The van der Waals surface area contributed by atoms with E-state index in [9.17, 15) is 13.2 Å². The summed E-state index contributed by atoms with van der Waals surface area (Å²) in [5.74, 6) is -0.626. The van der Waals surface area contributed by atoms with Crippen LogP contribution >= 0.6 is 23.7 Å². The summed E-state index contributed by atoms with van der Waals surface area (Å²) < 4.78 is 30.8. The number of esters is 1. The van der Waals surface area contributed by atoms with Crippen LogP contribution < -0.4 is 5.32 Å². The van der Waals surface area contributed by atoms with Crippen molar-refractivity contribution in [3.63, 3.8) is 0 Å². The molecular formula is C11H19ClN2O4S2. The normalized spacial score (nSPS) is 11.2. The molecule has 0 radical (unpaired) electrons. The number of hydrogen-bond acceptors (Lipinski definition) is 6. The molecule has 0 aliphatic rings. The Labute approximate surface area is 129 Å². The van der Waals surface area contributed by atoms with Crippen molar-refractivity contribution in [3.05, 3.63) is 15.8 Å². The molecule has 1 aromatic rings. The summed E-state index contributed by atoms with van der Waals surface area (Å²) in [4.78, 5) is 11.8. The van der Waals surface area contributed by atoms with Crippen molar-refractivity contribution >= 4 is 39.7 Å². The van der Waals surface area contributed by atoms with Crippen molar-refractivity contribution in [2.24, 2.45) is 0 Å². The Kier molecular flexibility index (Phi) is 7.67. The first kappa shape index (κ1) is 19.3. The Morgan fingerprint density at radius 1 is 1.50 bits per heavy atom. The van der Waals surface area contributed by atoms with E-state index in [1.807, 2.05) is 0 Å². The second-order valence-electron chi connectivity index (χ2n) is 4.00. The van der Waals surface area contributed by atoms with Crippen molar-refractivity contribution in [1.82, 2.24) is 9.62 Å². The molecule has 20 heavy (non-hydrogen) atoms. The summed E-state index contributed by atoms with van der Waals surface area (Å²) in [5, 5.41) is 4.53. The summed E-state index contributed by atoms with van der Waals surface area (Å²) in [7, 11) is 0.790. The first-order chi connectivity index (χ1) is 8.86. The summed E-state index contributed by atoms with van der Waals surface area (Å²) >= 11 is 1.08. The molecule has 0 bridgehead atoms. The van der Waals surface area contributed by atoms with Crippen molar-refractivity contribution < 1.29 is 17.9 Å². The summed E-state index contributed by atoms with van der Waals surface area (Å²) in [6, 6.07) is 0. The fraction of sp³-hybridized carbons (Fsp3) is 0.545. The van der Waals surface area contributed by atoms with E-state index in [1.165, 1.54) is 18.5 Å². The number of nitrogens with zero attached hydrogens (tertiary/aromatic N) is 1. The van der Waals surface area contributed by atoms with Crippen LogP contribution in [-0.2, 0) is 14.8 Å².